The van der Waals surface area contributed by atoms with Crippen LogP contribution in [0.3, 0.4) is 0 Å². The zero-order valence-corrected chi connectivity index (χ0v) is 15.4. The highest BCUT2D eigenvalue weighted by molar-refractivity contribution is 6.45. The van der Waals surface area contributed by atoms with Crippen LogP contribution in [0.5, 0.6) is 0 Å². The van der Waals surface area contributed by atoms with Gasteiger partial charge in [-0.25, -0.2) is 4.79 Å². The van der Waals surface area contributed by atoms with E-state index >= 15 is 0 Å². The number of anilines is 1. The van der Waals surface area contributed by atoms with Crippen LogP contribution in [0.1, 0.15) is 43.1 Å². The first-order valence-corrected chi connectivity index (χ1v) is 8.74. The van der Waals surface area contributed by atoms with E-state index in [-0.39, 0.29) is 38.5 Å². The number of ether oxygens (including phenoxy) is 1. The van der Waals surface area contributed by atoms with E-state index in [1.165, 1.54) is 0 Å². The lowest BCUT2D eigenvalue weighted by atomic mass is 9.87. The van der Waals surface area contributed by atoms with Gasteiger partial charge < -0.3 is 15.8 Å². The van der Waals surface area contributed by atoms with E-state index in [1.807, 2.05) is 0 Å². The van der Waals surface area contributed by atoms with E-state index < -0.39 is 12.6 Å². The molecule has 0 atom stereocenters. The lowest BCUT2D eigenvalue weighted by Gasteiger charge is -2.26. The summed E-state index contributed by atoms with van der Waals surface area (Å²) in [5.41, 5.74) is 5.47. The Balaban J connectivity index is 1.90. The van der Waals surface area contributed by atoms with Gasteiger partial charge in [0.25, 0.3) is 11.1 Å². The first-order chi connectivity index (χ1) is 11.3. The first-order valence-electron chi connectivity index (χ1n) is 7.61. The Hall–Kier alpha value is -1.24. The van der Waals surface area contributed by atoms with Gasteiger partial charge in [-0.1, -0.05) is 30.1 Å². The smallest absolute Gasteiger partial charge is 0.405 e. The molecule has 0 unspecified atom stereocenters. The minimum atomic E-state index is -0.835. The van der Waals surface area contributed by atoms with Crippen molar-refractivity contribution in [2.24, 2.45) is 5.92 Å². The van der Waals surface area contributed by atoms with Crippen molar-refractivity contribution in [3.8, 4) is 0 Å². The van der Waals surface area contributed by atoms with Gasteiger partial charge in [0.05, 0.1) is 5.69 Å². The molecule has 132 valence electrons. The first kappa shape index (κ1) is 19.1. The SMILES string of the molecule is CC1CCC(NC(=O)COC(=O)c2[nH+]c(Cl)c(Cl)c(N)c2Cl)CC1. The third-order valence-electron chi connectivity index (χ3n) is 4.04. The summed E-state index contributed by atoms with van der Waals surface area (Å²) in [4.78, 5) is 26.5. The highest BCUT2D eigenvalue weighted by Gasteiger charge is 2.28. The second kappa shape index (κ2) is 8.23. The van der Waals surface area contributed by atoms with E-state index in [0.717, 1.165) is 25.7 Å². The van der Waals surface area contributed by atoms with Crippen molar-refractivity contribution in [1.29, 1.82) is 0 Å². The molecular formula is C15H19Cl3N3O3+. The van der Waals surface area contributed by atoms with Crippen LogP contribution in [0.2, 0.25) is 15.2 Å². The fraction of sp³-hybridized carbons (Fsp3) is 0.533. The van der Waals surface area contributed by atoms with Gasteiger partial charge in [0, 0.05) is 6.04 Å². The van der Waals surface area contributed by atoms with E-state index in [4.69, 9.17) is 45.3 Å². The molecule has 0 saturated heterocycles. The summed E-state index contributed by atoms with van der Waals surface area (Å²) in [6.07, 6.45) is 4.03. The molecule has 2 rings (SSSR count). The molecule has 1 aliphatic carbocycles. The summed E-state index contributed by atoms with van der Waals surface area (Å²) in [5, 5.41) is 2.74. The zero-order valence-electron chi connectivity index (χ0n) is 13.1. The third kappa shape index (κ3) is 4.65. The zero-order chi connectivity index (χ0) is 17.9. The number of rotatable bonds is 4. The number of nitrogens with one attached hydrogen (secondary N) is 2. The van der Waals surface area contributed by atoms with E-state index in [0.29, 0.717) is 5.92 Å². The maximum Gasteiger partial charge on any atom is 0.405 e. The molecule has 1 saturated carbocycles. The average Bonchev–Trinajstić information content (AvgIpc) is 2.56. The maximum atomic E-state index is 12.0. The van der Waals surface area contributed by atoms with Gasteiger partial charge in [-0.15, -0.1) is 0 Å². The number of esters is 1. The third-order valence-corrected chi connectivity index (χ3v) is 5.20. The summed E-state index contributed by atoms with van der Waals surface area (Å²) < 4.78 is 4.96. The van der Waals surface area contributed by atoms with Crippen LogP contribution in [-0.4, -0.2) is 24.5 Å². The van der Waals surface area contributed by atoms with Gasteiger partial charge in [-0.2, -0.15) is 4.98 Å². The monoisotopic (exact) mass is 394 g/mol. The summed E-state index contributed by atoms with van der Waals surface area (Å²) in [5.74, 6) is -0.501. The van der Waals surface area contributed by atoms with Crippen molar-refractivity contribution in [2.45, 2.75) is 38.6 Å². The Labute approximate surface area is 155 Å². The minimum Gasteiger partial charge on any atom is -0.448 e. The van der Waals surface area contributed by atoms with Crippen LogP contribution in [0, 0.1) is 5.92 Å². The molecule has 1 aliphatic rings. The number of H-pyrrole nitrogens is 1. The van der Waals surface area contributed by atoms with Crippen LogP contribution in [0.4, 0.5) is 5.69 Å². The normalized spacial score (nSPS) is 20.5. The maximum absolute atomic E-state index is 12.0. The second-order valence-electron chi connectivity index (χ2n) is 5.96. The molecule has 0 spiro atoms. The van der Waals surface area contributed by atoms with Gasteiger partial charge >= 0.3 is 11.7 Å². The quantitative estimate of drug-likeness (QED) is 0.605. The Bertz CT molecular complexity index is 647. The number of amides is 1. The van der Waals surface area contributed by atoms with Crippen LogP contribution in [0.15, 0.2) is 0 Å². The fourth-order valence-corrected chi connectivity index (χ4v) is 3.19. The molecule has 1 aromatic rings. The molecule has 0 aromatic carbocycles. The highest BCUT2D eigenvalue weighted by Crippen LogP contribution is 2.32. The van der Waals surface area contributed by atoms with Crippen LogP contribution >= 0.6 is 34.8 Å². The predicted molar refractivity (Wildman–Crippen MR) is 92.3 cm³/mol. The molecule has 6 nitrogen and oxygen atoms in total. The number of pyridine rings is 1. The fourth-order valence-electron chi connectivity index (χ4n) is 2.59. The number of hydrogen-bond acceptors (Lipinski definition) is 4. The summed E-state index contributed by atoms with van der Waals surface area (Å²) in [7, 11) is 0. The van der Waals surface area contributed by atoms with Crippen molar-refractivity contribution in [3.05, 3.63) is 20.9 Å². The topological polar surface area (TPSA) is 95.6 Å². The lowest BCUT2D eigenvalue weighted by Crippen LogP contribution is -2.40. The molecule has 1 fully saturated rings. The van der Waals surface area contributed by atoms with Crippen molar-refractivity contribution < 1.29 is 19.3 Å². The average molecular weight is 396 g/mol. The van der Waals surface area contributed by atoms with E-state index in [9.17, 15) is 9.59 Å². The summed E-state index contributed by atoms with van der Waals surface area (Å²) >= 11 is 17.6. The van der Waals surface area contributed by atoms with Crippen molar-refractivity contribution in [1.82, 2.24) is 5.32 Å². The van der Waals surface area contributed by atoms with Crippen LogP contribution < -0.4 is 16.0 Å². The Morgan fingerprint density at radius 2 is 1.83 bits per heavy atom. The summed E-state index contributed by atoms with van der Waals surface area (Å²) in [6, 6.07) is 0.128. The van der Waals surface area contributed by atoms with Crippen molar-refractivity contribution in [3.63, 3.8) is 0 Å². The van der Waals surface area contributed by atoms with Crippen molar-refractivity contribution >= 4 is 52.4 Å². The number of aromatic nitrogens is 1. The van der Waals surface area contributed by atoms with E-state index in [2.05, 4.69) is 17.2 Å². The molecule has 1 aromatic heterocycles. The van der Waals surface area contributed by atoms with Gasteiger partial charge in [-0.3, -0.25) is 4.79 Å². The largest absolute Gasteiger partial charge is 0.448 e. The number of carbonyl (C=O) groups excluding carboxylic acids is 2. The lowest BCUT2D eigenvalue weighted by molar-refractivity contribution is -0.380. The predicted octanol–water partition coefficient (Wildman–Crippen LogP) is 2.89. The second-order valence-corrected chi connectivity index (χ2v) is 7.09. The molecule has 0 radical (unpaired) electrons. The van der Waals surface area contributed by atoms with Gasteiger partial charge in [0.15, 0.2) is 6.61 Å². The molecular weight excluding hydrogens is 377 g/mol. The number of carbonyl (C=O) groups is 2. The Kier molecular flexibility index (Phi) is 6.54. The molecule has 4 N–H and O–H groups in total. The van der Waals surface area contributed by atoms with Crippen LogP contribution in [-0.2, 0) is 9.53 Å². The Morgan fingerprint density at radius 3 is 2.46 bits per heavy atom. The molecule has 0 aliphatic heterocycles. The number of nitrogen functional groups attached to an aromatic ring is 1. The van der Waals surface area contributed by atoms with Gasteiger partial charge in [0.2, 0.25) is 0 Å². The molecule has 24 heavy (non-hydrogen) atoms. The molecule has 0 bridgehead atoms. The van der Waals surface area contributed by atoms with E-state index in [1.54, 1.807) is 0 Å². The van der Waals surface area contributed by atoms with Crippen LogP contribution in [0.25, 0.3) is 0 Å². The molecule has 1 amide bonds. The Morgan fingerprint density at radius 1 is 1.21 bits per heavy atom. The van der Waals surface area contributed by atoms with Crippen molar-refractivity contribution in [2.75, 3.05) is 12.3 Å². The van der Waals surface area contributed by atoms with Gasteiger partial charge in [0.1, 0.15) is 10.0 Å². The molecule has 9 heteroatoms. The van der Waals surface area contributed by atoms with Gasteiger partial charge in [-0.05, 0) is 43.2 Å². The minimum absolute atomic E-state index is 0.0162. The molecule has 1 heterocycles. The standard InChI is InChI=1S/C15H18Cl3N3O3/c1-7-2-4-8(5-3-7)20-9(22)6-24-15(23)13-10(16)12(19)11(17)14(18)21-13/h7-8H,2-6H2,1H3,(H2,19,21)(H,20,22)/p+1. The number of hydrogen-bond donors (Lipinski definition) is 2. The number of nitrogens with two attached hydrogens (primary N) is 1. The number of aromatic amines is 1. The number of halogens is 3. The highest BCUT2D eigenvalue weighted by atomic mass is 35.5. The summed E-state index contributed by atoms with van der Waals surface area (Å²) in [6.45, 7) is 1.79.